The lowest BCUT2D eigenvalue weighted by atomic mass is 9.95. The summed E-state index contributed by atoms with van der Waals surface area (Å²) in [6.45, 7) is 5.92. The van der Waals surface area contributed by atoms with E-state index >= 15 is 0 Å². The molecule has 0 radical (unpaired) electrons. The SMILES string of the molecule is COc1cc(OC)cc(C(NN)c2c(C)oc(C)c2C)c1. The lowest BCUT2D eigenvalue weighted by Gasteiger charge is -2.19. The van der Waals surface area contributed by atoms with Crippen molar-refractivity contribution < 1.29 is 13.9 Å². The molecule has 0 aliphatic rings. The second kappa shape index (κ2) is 6.20. The Bertz CT molecular complexity index is 612. The molecule has 2 aromatic rings. The number of methoxy groups -OCH3 is 2. The van der Waals surface area contributed by atoms with Crippen LogP contribution >= 0.6 is 0 Å². The minimum atomic E-state index is -0.188. The van der Waals surface area contributed by atoms with Crippen LogP contribution in [0.3, 0.4) is 0 Å². The molecular weight excluding hydrogens is 268 g/mol. The number of benzene rings is 1. The van der Waals surface area contributed by atoms with Crippen molar-refractivity contribution in [1.82, 2.24) is 5.43 Å². The second-order valence-corrected chi connectivity index (χ2v) is 5.00. The van der Waals surface area contributed by atoms with Gasteiger partial charge in [-0.15, -0.1) is 0 Å². The summed E-state index contributed by atoms with van der Waals surface area (Å²) in [4.78, 5) is 0. The topological polar surface area (TPSA) is 69.7 Å². The standard InChI is InChI=1S/C16H22N2O3/c1-9-10(2)21-11(3)15(9)16(18-17)12-6-13(19-4)8-14(7-12)20-5/h6-8,16,18H,17H2,1-5H3. The van der Waals surface area contributed by atoms with Crippen molar-refractivity contribution >= 4 is 0 Å². The molecule has 3 N–H and O–H groups in total. The first-order valence-electron chi connectivity index (χ1n) is 6.77. The predicted octanol–water partition coefficient (Wildman–Crippen LogP) is 2.77. The molecule has 0 fully saturated rings. The average Bonchev–Trinajstić information content (AvgIpc) is 2.74. The Kier molecular flexibility index (Phi) is 4.55. The van der Waals surface area contributed by atoms with Crippen LogP contribution in [0.5, 0.6) is 11.5 Å². The smallest absolute Gasteiger partial charge is 0.122 e. The Balaban J connectivity index is 2.55. The van der Waals surface area contributed by atoms with E-state index in [1.165, 1.54) is 0 Å². The van der Waals surface area contributed by atoms with Gasteiger partial charge < -0.3 is 13.9 Å². The summed E-state index contributed by atoms with van der Waals surface area (Å²) >= 11 is 0. The van der Waals surface area contributed by atoms with Crippen molar-refractivity contribution in [1.29, 1.82) is 0 Å². The lowest BCUT2D eigenvalue weighted by molar-refractivity contribution is 0.392. The molecule has 0 saturated heterocycles. The number of furan rings is 1. The molecular formula is C16H22N2O3. The van der Waals surface area contributed by atoms with Crippen LogP contribution in [0.1, 0.15) is 34.3 Å². The highest BCUT2D eigenvalue weighted by Crippen LogP contribution is 2.34. The van der Waals surface area contributed by atoms with Gasteiger partial charge in [0.1, 0.15) is 23.0 Å². The van der Waals surface area contributed by atoms with E-state index in [4.69, 9.17) is 19.7 Å². The van der Waals surface area contributed by atoms with E-state index in [9.17, 15) is 0 Å². The van der Waals surface area contributed by atoms with Crippen LogP contribution in [-0.2, 0) is 0 Å². The fraction of sp³-hybridized carbons (Fsp3) is 0.375. The Morgan fingerprint density at radius 2 is 1.57 bits per heavy atom. The maximum atomic E-state index is 5.79. The summed E-state index contributed by atoms with van der Waals surface area (Å²) in [7, 11) is 3.25. The van der Waals surface area contributed by atoms with Crippen LogP contribution < -0.4 is 20.7 Å². The zero-order valence-corrected chi connectivity index (χ0v) is 13.1. The molecule has 5 nitrogen and oxygen atoms in total. The molecule has 1 atom stereocenters. The van der Waals surface area contributed by atoms with Crippen molar-refractivity contribution in [2.45, 2.75) is 26.8 Å². The number of hydrogen-bond donors (Lipinski definition) is 2. The van der Waals surface area contributed by atoms with E-state index in [1.807, 2.05) is 39.0 Å². The zero-order valence-electron chi connectivity index (χ0n) is 13.1. The van der Waals surface area contributed by atoms with Gasteiger partial charge in [0.25, 0.3) is 0 Å². The van der Waals surface area contributed by atoms with E-state index in [-0.39, 0.29) is 6.04 Å². The monoisotopic (exact) mass is 290 g/mol. The van der Waals surface area contributed by atoms with Gasteiger partial charge in [0.05, 0.1) is 20.3 Å². The van der Waals surface area contributed by atoms with Gasteiger partial charge in [-0.25, -0.2) is 5.43 Å². The van der Waals surface area contributed by atoms with Crippen molar-refractivity contribution in [3.63, 3.8) is 0 Å². The predicted molar refractivity (Wildman–Crippen MR) is 81.6 cm³/mol. The van der Waals surface area contributed by atoms with Crippen LogP contribution in [-0.4, -0.2) is 14.2 Å². The molecule has 114 valence electrons. The van der Waals surface area contributed by atoms with E-state index in [1.54, 1.807) is 14.2 Å². The Hall–Kier alpha value is -1.98. The van der Waals surface area contributed by atoms with Gasteiger partial charge in [0.15, 0.2) is 0 Å². The number of nitrogens with one attached hydrogen (secondary N) is 1. The molecule has 1 unspecified atom stereocenters. The van der Waals surface area contributed by atoms with Crippen LogP contribution in [0.25, 0.3) is 0 Å². The Morgan fingerprint density at radius 1 is 1.00 bits per heavy atom. The van der Waals surface area contributed by atoms with Gasteiger partial charge in [-0.3, -0.25) is 5.84 Å². The summed E-state index contributed by atoms with van der Waals surface area (Å²) in [5.41, 5.74) is 5.96. The third-order valence-electron chi connectivity index (χ3n) is 3.78. The highest BCUT2D eigenvalue weighted by atomic mass is 16.5. The van der Waals surface area contributed by atoms with Crippen molar-refractivity contribution in [3.05, 3.63) is 46.4 Å². The van der Waals surface area contributed by atoms with E-state index in [0.29, 0.717) is 0 Å². The number of aryl methyl sites for hydroxylation is 2. The molecule has 0 aliphatic heterocycles. The third kappa shape index (κ3) is 2.89. The summed E-state index contributed by atoms with van der Waals surface area (Å²) < 4.78 is 16.3. The molecule has 0 aliphatic carbocycles. The maximum Gasteiger partial charge on any atom is 0.122 e. The largest absolute Gasteiger partial charge is 0.497 e. The third-order valence-corrected chi connectivity index (χ3v) is 3.78. The van der Waals surface area contributed by atoms with Crippen molar-refractivity contribution in [2.75, 3.05) is 14.2 Å². The van der Waals surface area contributed by atoms with Crippen molar-refractivity contribution in [3.8, 4) is 11.5 Å². The summed E-state index contributed by atoms with van der Waals surface area (Å²) in [6, 6.07) is 5.52. The highest BCUT2D eigenvalue weighted by molar-refractivity contribution is 5.46. The average molecular weight is 290 g/mol. The maximum absolute atomic E-state index is 5.79. The highest BCUT2D eigenvalue weighted by Gasteiger charge is 2.22. The minimum Gasteiger partial charge on any atom is -0.497 e. The van der Waals surface area contributed by atoms with Crippen LogP contribution in [0.2, 0.25) is 0 Å². The molecule has 21 heavy (non-hydrogen) atoms. The number of hydrazine groups is 1. The van der Waals surface area contributed by atoms with Gasteiger partial charge in [0.2, 0.25) is 0 Å². The van der Waals surface area contributed by atoms with Gasteiger partial charge in [-0.05, 0) is 44.0 Å². The lowest BCUT2D eigenvalue weighted by Crippen LogP contribution is -2.29. The molecule has 0 bridgehead atoms. The first kappa shape index (κ1) is 15.4. The first-order valence-corrected chi connectivity index (χ1v) is 6.77. The summed E-state index contributed by atoms with van der Waals surface area (Å²) in [6.07, 6.45) is 0. The summed E-state index contributed by atoms with van der Waals surface area (Å²) in [5, 5.41) is 0. The molecule has 0 saturated carbocycles. The van der Waals surface area contributed by atoms with Gasteiger partial charge in [-0.1, -0.05) is 0 Å². The van der Waals surface area contributed by atoms with Gasteiger partial charge in [-0.2, -0.15) is 0 Å². The van der Waals surface area contributed by atoms with E-state index in [2.05, 4.69) is 5.43 Å². The molecule has 1 aromatic carbocycles. The Morgan fingerprint density at radius 3 is 1.95 bits per heavy atom. The molecule has 1 heterocycles. The van der Waals surface area contributed by atoms with Crippen molar-refractivity contribution in [2.24, 2.45) is 5.84 Å². The molecule has 0 spiro atoms. The number of hydrogen-bond acceptors (Lipinski definition) is 5. The second-order valence-electron chi connectivity index (χ2n) is 5.00. The number of rotatable bonds is 5. The fourth-order valence-corrected chi connectivity index (χ4v) is 2.58. The normalized spacial score (nSPS) is 12.3. The quantitative estimate of drug-likeness (QED) is 0.654. The molecule has 0 amide bonds. The molecule has 1 aromatic heterocycles. The van der Waals surface area contributed by atoms with E-state index < -0.39 is 0 Å². The van der Waals surface area contributed by atoms with E-state index in [0.717, 1.165) is 39.7 Å². The van der Waals surface area contributed by atoms with Crippen LogP contribution in [0, 0.1) is 20.8 Å². The molecule has 2 rings (SSSR count). The van der Waals surface area contributed by atoms with Crippen LogP contribution in [0.15, 0.2) is 22.6 Å². The first-order chi connectivity index (χ1) is 10.0. The zero-order chi connectivity index (χ0) is 15.6. The fourth-order valence-electron chi connectivity index (χ4n) is 2.58. The number of nitrogens with two attached hydrogens (primary N) is 1. The van der Waals surface area contributed by atoms with Gasteiger partial charge in [0, 0.05) is 11.6 Å². The Labute approximate surface area is 125 Å². The summed E-state index contributed by atoms with van der Waals surface area (Å²) in [5.74, 6) is 9.00. The minimum absolute atomic E-state index is 0.188. The number of ether oxygens (including phenoxy) is 2. The van der Waals surface area contributed by atoms with Gasteiger partial charge >= 0.3 is 0 Å². The molecule has 5 heteroatoms. The van der Waals surface area contributed by atoms with Crippen LogP contribution in [0.4, 0.5) is 0 Å².